The van der Waals surface area contributed by atoms with Gasteiger partial charge in [0.25, 0.3) is 11.8 Å². The predicted molar refractivity (Wildman–Crippen MR) is 164 cm³/mol. The number of carbonyl (C=O) groups is 3. The summed E-state index contributed by atoms with van der Waals surface area (Å²) in [5.41, 5.74) is 3.86. The van der Waals surface area contributed by atoms with Crippen LogP contribution in [0.5, 0.6) is 0 Å². The molecule has 45 heavy (non-hydrogen) atoms. The van der Waals surface area contributed by atoms with Gasteiger partial charge < -0.3 is 10.6 Å². The van der Waals surface area contributed by atoms with Gasteiger partial charge in [-0.3, -0.25) is 24.2 Å². The van der Waals surface area contributed by atoms with Crippen molar-refractivity contribution in [2.75, 3.05) is 16.3 Å². The van der Waals surface area contributed by atoms with Crippen molar-refractivity contribution in [3.05, 3.63) is 95.3 Å². The smallest absolute Gasteiger partial charge is 0.252 e. The number of nitrogens with zero attached hydrogens (tertiary/aromatic N) is 4. The summed E-state index contributed by atoms with van der Waals surface area (Å²) in [6.07, 6.45) is 3.38. The molecule has 3 heterocycles. The highest BCUT2D eigenvalue weighted by Crippen LogP contribution is 2.39. The molecule has 6 rings (SSSR count). The largest absolute Gasteiger partial charge is 0.390 e. The van der Waals surface area contributed by atoms with Crippen molar-refractivity contribution in [2.45, 2.75) is 63.1 Å². The van der Waals surface area contributed by atoms with Crippen molar-refractivity contribution in [3.63, 3.8) is 0 Å². The predicted octanol–water partition coefficient (Wildman–Crippen LogP) is 4.78. The van der Waals surface area contributed by atoms with Gasteiger partial charge in [-0.15, -0.1) is 0 Å². The van der Waals surface area contributed by atoms with E-state index in [0.29, 0.717) is 11.3 Å². The van der Waals surface area contributed by atoms with E-state index in [1.165, 1.54) is 28.1 Å². The highest BCUT2D eigenvalue weighted by molar-refractivity contribution is 6.11. The Balaban J connectivity index is 1.47. The van der Waals surface area contributed by atoms with Gasteiger partial charge in [-0.2, -0.15) is 5.26 Å². The Morgan fingerprint density at radius 3 is 2.64 bits per heavy atom. The third kappa shape index (κ3) is 6.00. The molecule has 1 aliphatic carbocycles. The van der Waals surface area contributed by atoms with Crippen LogP contribution in [0.1, 0.15) is 60.4 Å². The molecular weight excluding hydrogens is 578 g/mol. The summed E-state index contributed by atoms with van der Waals surface area (Å²) in [7, 11) is 0. The lowest BCUT2D eigenvalue weighted by atomic mass is 9.87. The highest BCUT2D eigenvalue weighted by Gasteiger charge is 2.48. The van der Waals surface area contributed by atoms with Crippen molar-refractivity contribution in [1.29, 1.82) is 5.26 Å². The lowest BCUT2D eigenvalue weighted by molar-refractivity contribution is -0.133. The lowest BCUT2D eigenvalue weighted by Crippen LogP contribution is -2.56. The number of hydrogen-bond donors (Lipinski definition) is 2. The Bertz CT molecular complexity index is 1730. The van der Waals surface area contributed by atoms with Crippen LogP contribution in [0.15, 0.2) is 73.1 Å². The first-order chi connectivity index (χ1) is 21.6. The Morgan fingerprint density at radius 2 is 1.93 bits per heavy atom. The quantitative estimate of drug-likeness (QED) is 0.379. The molecule has 0 spiro atoms. The average molecular weight is 611 g/mol. The normalized spacial score (nSPS) is 19.6. The number of halogens is 2. The molecule has 2 fully saturated rings. The minimum atomic E-state index is -2.85. The summed E-state index contributed by atoms with van der Waals surface area (Å²) >= 11 is 0. The monoisotopic (exact) mass is 610 g/mol. The molecule has 3 amide bonds. The fraction of sp³-hybridized carbons (Fsp3) is 0.324. The van der Waals surface area contributed by atoms with Gasteiger partial charge in [-0.25, -0.2) is 13.8 Å². The van der Waals surface area contributed by atoms with Gasteiger partial charge in [0.1, 0.15) is 17.9 Å². The molecule has 230 valence electrons. The molecule has 1 saturated heterocycles. The number of aromatic nitrogens is 1. The van der Waals surface area contributed by atoms with Crippen LogP contribution in [0.4, 0.5) is 20.3 Å². The Kier molecular flexibility index (Phi) is 8.06. The first-order valence-corrected chi connectivity index (χ1v) is 14.9. The fourth-order valence-corrected chi connectivity index (χ4v) is 6.28. The maximum absolute atomic E-state index is 14.9. The zero-order chi connectivity index (χ0) is 31.7. The van der Waals surface area contributed by atoms with Crippen LogP contribution in [-0.4, -0.2) is 47.3 Å². The molecule has 2 atom stereocenters. The number of benzene rings is 2. The van der Waals surface area contributed by atoms with E-state index in [0.717, 1.165) is 29.7 Å². The zero-order valence-corrected chi connectivity index (χ0v) is 24.7. The molecule has 3 aliphatic rings. The molecular formula is C34H32F2N6O3. The van der Waals surface area contributed by atoms with Crippen molar-refractivity contribution in [3.8, 4) is 6.07 Å². The van der Waals surface area contributed by atoms with E-state index in [-0.39, 0.29) is 30.1 Å². The second-order valence-corrected chi connectivity index (χ2v) is 11.7. The maximum atomic E-state index is 14.9. The van der Waals surface area contributed by atoms with Gasteiger partial charge >= 0.3 is 0 Å². The summed E-state index contributed by atoms with van der Waals surface area (Å²) in [5, 5.41) is 15.4. The topological polar surface area (TPSA) is 118 Å². The van der Waals surface area contributed by atoms with E-state index in [1.54, 1.807) is 24.3 Å². The minimum absolute atomic E-state index is 0.0691. The molecule has 9 nitrogen and oxygen atoms in total. The molecule has 0 radical (unpaired) electrons. The summed E-state index contributed by atoms with van der Waals surface area (Å²) in [4.78, 5) is 49.3. The molecule has 1 aromatic heterocycles. The number of anilines is 2. The van der Waals surface area contributed by atoms with Crippen LogP contribution in [0.2, 0.25) is 0 Å². The summed E-state index contributed by atoms with van der Waals surface area (Å²) in [5.74, 6) is -4.13. The second-order valence-electron chi connectivity index (χ2n) is 11.7. The van der Waals surface area contributed by atoms with Gasteiger partial charge in [0.15, 0.2) is 0 Å². The number of nitrogens with one attached hydrogen (secondary N) is 2. The maximum Gasteiger partial charge on any atom is 0.252 e. The summed E-state index contributed by atoms with van der Waals surface area (Å²) in [6, 6.07) is 16.5. The molecule has 2 aliphatic heterocycles. The first-order valence-electron chi connectivity index (χ1n) is 14.9. The van der Waals surface area contributed by atoms with Crippen LogP contribution in [0.25, 0.3) is 5.57 Å². The molecule has 1 saturated carbocycles. The van der Waals surface area contributed by atoms with E-state index >= 15 is 0 Å². The Labute approximate surface area is 259 Å². The number of pyridine rings is 1. The molecule has 11 heteroatoms. The number of aryl methyl sites for hydroxylation is 1. The van der Waals surface area contributed by atoms with Crippen LogP contribution >= 0.6 is 0 Å². The zero-order valence-electron chi connectivity index (χ0n) is 24.7. The Morgan fingerprint density at radius 1 is 1.13 bits per heavy atom. The van der Waals surface area contributed by atoms with Crippen LogP contribution in [0, 0.1) is 18.3 Å². The van der Waals surface area contributed by atoms with Crippen molar-refractivity contribution < 1.29 is 23.2 Å². The molecule has 2 N–H and O–H groups in total. The third-order valence-corrected chi connectivity index (χ3v) is 8.59. The highest BCUT2D eigenvalue weighted by atomic mass is 19.3. The van der Waals surface area contributed by atoms with Gasteiger partial charge in [0, 0.05) is 49.9 Å². The van der Waals surface area contributed by atoms with Crippen LogP contribution < -0.4 is 20.4 Å². The fourth-order valence-electron chi connectivity index (χ4n) is 6.28. The number of hydrogen-bond acceptors (Lipinski definition) is 6. The lowest BCUT2D eigenvalue weighted by Gasteiger charge is -2.39. The minimum Gasteiger partial charge on any atom is -0.390 e. The third-order valence-electron chi connectivity index (χ3n) is 8.59. The molecule has 2 aromatic carbocycles. The van der Waals surface area contributed by atoms with E-state index < -0.39 is 48.7 Å². The molecule has 0 unspecified atom stereocenters. The van der Waals surface area contributed by atoms with Gasteiger partial charge in [0.2, 0.25) is 11.8 Å². The van der Waals surface area contributed by atoms with Gasteiger partial charge in [-0.1, -0.05) is 36.4 Å². The van der Waals surface area contributed by atoms with E-state index in [1.807, 2.05) is 43.5 Å². The number of carbonyl (C=O) groups excluding carboxylic acids is 3. The van der Waals surface area contributed by atoms with Crippen molar-refractivity contribution in [1.82, 2.24) is 15.6 Å². The van der Waals surface area contributed by atoms with Crippen molar-refractivity contribution in [2.24, 2.45) is 0 Å². The number of nitriles is 1. The average Bonchev–Trinajstić information content (AvgIpc) is 3.70. The van der Waals surface area contributed by atoms with Gasteiger partial charge in [-0.05, 0) is 66.3 Å². The second kappa shape index (κ2) is 12.1. The van der Waals surface area contributed by atoms with Crippen LogP contribution in [0.3, 0.4) is 0 Å². The van der Waals surface area contributed by atoms with E-state index in [9.17, 15) is 28.4 Å². The first kappa shape index (κ1) is 29.9. The van der Waals surface area contributed by atoms with E-state index in [2.05, 4.69) is 15.6 Å². The van der Waals surface area contributed by atoms with Gasteiger partial charge in [0.05, 0.1) is 11.6 Å². The number of alkyl halides is 2. The van der Waals surface area contributed by atoms with Crippen LogP contribution in [-0.2, 0) is 14.4 Å². The number of amides is 3. The molecule has 0 bridgehead atoms. The molecule has 3 aromatic rings. The summed E-state index contributed by atoms with van der Waals surface area (Å²) in [6.45, 7) is 2.60. The standard InChI is InChI=1S/C34H32F2N6O3/c1-21-5-2-3-8-27(21)31(32(44)40-25-17-34(35,36)18-25)41(26-7-4-6-23(16-26)24-12-13-38-20-24)33(45)28-9-10-30(43)42(28)29-15-22(19-37)11-14-39-29/h2-8,11,14-16,20,25,28,31,38H,9-10,12-13,17-18H2,1H3,(H,40,44)/t28-,31-/m0/s1. The van der Waals surface area contributed by atoms with Crippen molar-refractivity contribution >= 4 is 34.8 Å². The summed E-state index contributed by atoms with van der Waals surface area (Å²) < 4.78 is 27.6. The number of rotatable bonds is 8. The van der Waals surface area contributed by atoms with E-state index in [4.69, 9.17) is 0 Å². The SMILES string of the molecule is Cc1ccccc1[C@@H](C(=O)NC1CC(F)(F)C1)N(C(=O)[C@@H]1CCC(=O)N1c1cc(C#N)ccn1)c1cccc(C2=CNCC2)c1. The Hall–Kier alpha value is -5.11.